The maximum Gasteiger partial charge on any atom is 0.313 e. The number of rotatable bonds is 3. The van der Waals surface area contributed by atoms with E-state index in [0.717, 1.165) is 57.8 Å². The van der Waals surface area contributed by atoms with E-state index in [9.17, 15) is 19.5 Å². The molecule has 0 amide bonds. The number of esters is 2. The number of carboxylic acid groups (broad SMARTS) is 1. The van der Waals surface area contributed by atoms with E-state index in [0.29, 0.717) is 24.2 Å². The van der Waals surface area contributed by atoms with Crippen LogP contribution in [0.15, 0.2) is 11.6 Å². The van der Waals surface area contributed by atoms with Gasteiger partial charge in [0.25, 0.3) is 0 Å². The minimum atomic E-state index is -1.07. The molecule has 40 heavy (non-hydrogen) atoms. The first-order valence-electron chi connectivity index (χ1n) is 15.8. The summed E-state index contributed by atoms with van der Waals surface area (Å²) >= 11 is 0. The molecule has 224 valence electrons. The molecular formula is C34H52O6. The monoisotopic (exact) mass is 556 g/mol. The predicted molar refractivity (Wildman–Crippen MR) is 153 cm³/mol. The summed E-state index contributed by atoms with van der Waals surface area (Å²) in [5.41, 5.74) is 0.650. The van der Waals surface area contributed by atoms with Crippen LogP contribution in [-0.2, 0) is 23.9 Å². The minimum absolute atomic E-state index is 0.0239. The molecule has 4 fully saturated rings. The third-order valence-corrected chi connectivity index (χ3v) is 13.5. The van der Waals surface area contributed by atoms with E-state index < -0.39 is 17.5 Å². The highest BCUT2D eigenvalue weighted by molar-refractivity contribution is 5.77. The van der Waals surface area contributed by atoms with E-state index in [1.54, 1.807) is 5.57 Å². The summed E-state index contributed by atoms with van der Waals surface area (Å²) in [6.45, 7) is 16.7. The van der Waals surface area contributed by atoms with Crippen LogP contribution in [0.1, 0.15) is 120 Å². The lowest BCUT2D eigenvalue weighted by molar-refractivity contribution is -0.208. The molecule has 0 bridgehead atoms. The second kappa shape index (κ2) is 9.59. The molecule has 0 aromatic heterocycles. The van der Waals surface area contributed by atoms with Crippen LogP contribution >= 0.6 is 0 Å². The first-order valence-corrected chi connectivity index (χ1v) is 15.8. The van der Waals surface area contributed by atoms with Gasteiger partial charge in [0.1, 0.15) is 17.6 Å². The highest BCUT2D eigenvalue weighted by atomic mass is 16.5. The maximum absolute atomic E-state index is 12.9. The number of carboxylic acids is 1. The summed E-state index contributed by atoms with van der Waals surface area (Å²) in [5.74, 6) is -0.0282. The quantitative estimate of drug-likeness (QED) is 0.289. The van der Waals surface area contributed by atoms with Gasteiger partial charge in [0.2, 0.25) is 0 Å². The average Bonchev–Trinajstić information content (AvgIpc) is 2.99. The summed E-state index contributed by atoms with van der Waals surface area (Å²) in [5, 5.41) is 10.6. The number of hydrogen-bond donors (Lipinski definition) is 1. The van der Waals surface area contributed by atoms with Gasteiger partial charge in [-0.1, -0.05) is 46.3 Å². The fraction of sp³-hybridized carbons (Fsp3) is 0.853. The highest BCUT2D eigenvalue weighted by Crippen LogP contribution is 2.70. The molecule has 0 unspecified atom stereocenters. The van der Waals surface area contributed by atoms with Crippen molar-refractivity contribution in [2.45, 2.75) is 132 Å². The van der Waals surface area contributed by atoms with Crippen molar-refractivity contribution < 1.29 is 29.0 Å². The van der Waals surface area contributed by atoms with Crippen LogP contribution in [-0.4, -0.2) is 35.2 Å². The largest absolute Gasteiger partial charge is 0.481 e. The van der Waals surface area contributed by atoms with E-state index in [1.165, 1.54) is 13.8 Å². The lowest BCUT2D eigenvalue weighted by Crippen LogP contribution is -2.62. The molecule has 0 saturated heterocycles. The van der Waals surface area contributed by atoms with Crippen molar-refractivity contribution >= 4 is 17.9 Å². The molecule has 0 spiro atoms. The number of fused-ring (bicyclic) bond motifs is 6. The SMILES string of the molecule is CC(=O)O[C@H]1CC[C@@]2(C)[C@@H](CC[C@@]3(C)CC4=CC[C@H]5C(C)(C)[C@H](OC(C)=O)CC[C@]5(C)[C@H]4CC[C@@H]32)[C@@]1(C)C(=O)O. The third-order valence-electron chi connectivity index (χ3n) is 13.5. The predicted octanol–water partition coefficient (Wildman–Crippen LogP) is 7.35. The number of carbonyl (C=O) groups excluding carboxylic acids is 2. The van der Waals surface area contributed by atoms with Gasteiger partial charge in [-0.05, 0) is 111 Å². The Labute approximate surface area is 241 Å². The third kappa shape index (κ3) is 4.20. The fourth-order valence-electron chi connectivity index (χ4n) is 11.7. The summed E-state index contributed by atoms with van der Waals surface area (Å²) in [6, 6.07) is 0. The summed E-state index contributed by atoms with van der Waals surface area (Å²) < 4.78 is 11.5. The molecule has 5 aliphatic rings. The van der Waals surface area contributed by atoms with Crippen molar-refractivity contribution in [2.24, 2.45) is 50.7 Å². The van der Waals surface area contributed by atoms with Gasteiger partial charge < -0.3 is 14.6 Å². The second-order valence-electron chi connectivity index (χ2n) is 15.9. The standard InChI is InChI=1S/C34H52O6/c1-20(35)39-27-14-17-32(6)23-10-12-25-31(5,19-22(23)9-11-24(32)30(27,3)4)16-13-26-33(25,7)18-15-28(40-21(2)36)34(26,8)29(37)38/h9,23-28H,10-19H2,1-8H3,(H,37,38)/t23-,24-,25-,26+,27+,28-,31-,32+,33+,34+/m0/s1. The van der Waals surface area contributed by atoms with Crippen LogP contribution in [0, 0.1) is 50.7 Å². The van der Waals surface area contributed by atoms with Gasteiger partial charge in [0, 0.05) is 19.3 Å². The molecule has 6 heteroatoms. The molecule has 10 atom stereocenters. The van der Waals surface area contributed by atoms with E-state index >= 15 is 0 Å². The zero-order valence-corrected chi connectivity index (χ0v) is 26.1. The highest BCUT2D eigenvalue weighted by Gasteiger charge is 2.66. The summed E-state index contributed by atoms with van der Waals surface area (Å²) in [6.07, 6.45) is 11.7. The topological polar surface area (TPSA) is 89.9 Å². The molecule has 4 saturated carbocycles. The lowest BCUT2D eigenvalue weighted by Gasteiger charge is -2.63. The van der Waals surface area contributed by atoms with E-state index in [2.05, 4.69) is 40.7 Å². The van der Waals surface area contributed by atoms with Crippen LogP contribution in [0.4, 0.5) is 0 Å². The second-order valence-corrected chi connectivity index (χ2v) is 15.9. The van der Waals surface area contributed by atoms with Gasteiger partial charge in [-0.3, -0.25) is 14.4 Å². The van der Waals surface area contributed by atoms with Crippen molar-refractivity contribution in [3.05, 3.63) is 11.6 Å². The molecule has 0 heterocycles. The van der Waals surface area contributed by atoms with Crippen LogP contribution in [0.2, 0.25) is 0 Å². The fourth-order valence-corrected chi connectivity index (χ4v) is 11.7. The molecule has 5 rings (SSSR count). The van der Waals surface area contributed by atoms with Crippen molar-refractivity contribution in [1.82, 2.24) is 0 Å². The van der Waals surface area contributed by atoms with E-state index in [4.69, 9.17) is 9.47 Å². The number of allylic oxidation sites excluding steroid dienone is 2. The Morgan fingerprint density at radius 1 is 0.750 bits per heavy atom. The van der Waals surface area contributed by atoms with Crippen molar-refractivity contribution in [1.29, 1.82) is 0 Å². The van der Waals surface area contributed by atoms with Gasteiger partial charge in [0.15, 0.2) is 0 Å². The van der Waals surface area contributed by atoms with Gasteiger partial charge in [-0.25, -0.2) is 0 Å². The Morgan fingerprint density at radius 3 is 1.98 bits per heavy atom. The van der Waals surface area contributed by atoms with Gasteiger partial charge in [-0.15, -0.1) is 0 Å². The van der Waals surface area contributed by atoms with Crippen LogP contribution < -0.4 is 0 Å². The van der Waals surface area contributed by atoms with Crippen molar-refractivity contribution in [2.75, 3.05) is 0 Å². The smallest absolute Gasteiger partial charge is 0.313 e. The molecule has 0 aromatic carbocycles. The van der Waals surface area contributed by atoms with Gasteiger partial charge >= 0.3 is 17.9 Å². The Bertz CT molecular complexity index is 1110. The Morgan fingerprint density at radius 2 is 1.35 bits per heavy atom. The maximum atomic E-state index is 12.9. The number of hydrogen-bond acceptors (Lipinski definition) is 5. The molecular weight excluding hydrogens is 504 g/mol. The Kier molecular flexibility index (Phi) is 7.11. The van der Waals surface area contributed by atoms with Crippen molar-refractivity contribution in [3.63, 3.8) is 0 Å². The first-order chi connectivity index (χ1) is 18.5. The summed E-state index contributed by atoms with van der Waals surface area (Å²) in [4.78, 5) is 36.8. The Balaban J connectivity index is 1.47. The van der Waals surface area contributed by atoms with E-state index in [1.807, 2.05) is 6.92 Å². The molecule has 0 radical (unpaired) electrons. The molecule has 0 aromatic rings. The summed E-state index contributed by atoms with van der Waals surface area (Å²) in [7, 11) is 0. The minimum Gasteiger partial charge on any atom is -0.481 e. The average molecular weight is 557 g/mol. The zero-order chi connectivity index (χ0) is 29.5. The normalized spacial score (nSPS) is 47.6. The van der Waals surface area contributed by atoms with Gasteiger partial charge in [-0.2, -0.15) is 0 Å². The number of aliphatic carboxylic acids is 1. The first kappa shape index (κ1) is 29.6. The van der Waals surface area contributed by atoms with Crippen LogP contribution in [0.3, 0.4) is 0 Å². The zero-order valence-electron chi connectivity index (χ0n) is 26.1. The lowest BCUT2D eigenvalue weighted by atomic mass is 9.41. The van der Waals surface area contributed by atoms with Crippen LogP contribution in [0.25, 0.3) is 0 Å². The van der Waals surface area contributed by atoms with Crippen molar-refractivity contribution in [3.8, 4) is 0 Å². The van der Waals surface area contributed by atoms with Gasteiger partial charge in [0.05, 0.1) is 0 Å². The van der Waals surface area contributed by atoms with E-state index in [-0.39, 0.29) is 45.6 Å². The molecule has 1 N–H and O–H groups in total. The Hall–Kier alpha value is -1.85. The number of ether oxygens (including phenoxy) is 2. The molecule has 6 nitrogen and oxygen atoms in total. The number of carbonyl (C=O) groups is 3. The molecule has 0 aliphatic heterocycles. The molecule has 5 aliphatic carbocycles. The van der Waals surface area contributed by atoms with Crippen LogP contribution in [0.5, 0.6) is 0 Å².